The molecule has 0 aliphatic carbocycles. The number of nitrogens with zero attached hydrogens (tertiary/aromatic N) is 4. The zero-order chi connectivity index (χ0) is 13.0. The number of nitrogens with two attached hydrogens (primary N) is 1. The summed E-state index contributed by atoms with van der Waals surface area (Å²) in [6.45, 7) is 4.66. The molecule has 0 bridgehead atoms. The van der Waals surface area contributed by atoms with Crippen molar-refractivity contribution in [2.24, 2.45) is 0 Å². The predicted molar refractivity (Wildman–Crippen MR) is 67.6 cm³/mol. The highest BCUT2D eigenvalue weighted by Crippen LogP contribution is 2.13. The largest absolute Gasteiger partial charge is 0.382 e. The van der Waals surface area contributed by atoms with Gasteiger partial charge >= 0.3 is 0 Å². The highest BCUT2D eigenvalue weighted by atomic mass is 16.1. The van der Waals surface area contributed by atoms with Crippen molar-refractivity contribution < 1.29 is 4.79 Å². The maximum atomic E-state index is 10.9. The van der Waals surface area contributed by atoms with Crippen molar-refractivity contribution in [1.82, 2.24) is 24.8 Å². The zero-order valence-corrected chi connectivity index (χ0v) is 9.83. The molecule has 0 atom stereocenters. The Bertz CT molecular complexity index is 576. The Balaban J connectivity index is 1.98. The second kappa shape index (κ2) is 5.26. The van der Waals surface area contributed by atoms with E-state index < -0.39 is 0 Å². The SMILES string of the molecule is C=CC(=O)NCCCn1cnc2c(N)ncnc21. The van der Waals surface area contributed by atoms with Crippen LogP contribution in [-0.2, 0) is 11.3 Å². The van der Waals surface area contributed by atoms with Crippen LogP contribution >= 0.6 is 0 Å². The molecule has 18 heavy (non-hydrogen) atoms. The summed E-state index contributed by atoms with van der Waals surface area (Å²) in [5, 5.41) is 2.71. The van der Waals surface area contributed by atoms with E-state index in [1.54, 1.807) is 6.33 Å². The summed E-state index contributed by atoms with van der Waals surface area (Å²) >= 11 is 0. The number of nitrogens with one attached hydrogen (secondary N) is 1. The Morgan fingerprint density at radius 3 is 3.11 bits per heavy atom. The van der Waals surface area contributed by atoms with Gasteiger partial charge in [0, 0.05) is 13.1 Å². The van der Waals surface area contributed by atoms with Crippen molar-refractivity contribution in [2.45, 2.75) is 13.0 Å². The minimum Gasteiger partial charge on any atom is -0.382 e. The van der Waals surface area contributed by atoms with Crippen LogP contribution < -0.4 is 11.1 Å². The molecule has 0 saturated carbocycles. The van der Waals surface area contributed by atoms with Crippen molar-refractivity contribution in [3.05, 3.63) is 25.3 Å². The molecule has 2 rings (SSSR count). The lowest BCUT2D eigenvalue weighted by Crippen LogP contribution is -2.22. The van der Waals surface area contributed by atoms with Gasteiger partial charge in [0.1, 0.15) is 11.8 Å². The number of rotatable bonds is 5. The zero-order valence-electron chi connectivity index (χ0n) is 9.83. The first-order valence-electron chi connectivity index (χ1n) is 5.54. The van der Waals surface area contributed by atoms with E-state index in [-0.39, 0.29) is 5.91 Å². The molecule has 0 fully saturated rings. The Kier molecular flexibility index (Phi) is 3.52. The third-order valence-electron chi connectivity index (χ3n) is 2.49. The number of aromatic nitrogens is 4. The predicted octanol–water partition coefficient (Wildman–Crippen LogP) is 0.101. The maximum absolute atomic E-state index is 10.9. The minimum atomic E-state index is -0.169. The number of carbonyl (C=O) groups excluding carboxylic acids is 1. The third kappa shape index (κ3) is 2.45. The summed E-state index contributed by atoms with van der Waals surface area (Å²) in [7, 11) is 0. The summed E-state index contributed by atoms with van der Waals surface area (Å²) in [6.07, 6.45) is 5.11. The van der Waals surface area contributed by atoms with Crippen LogP contribution in [0.25, 0.3) is 11.2 Å². The molecule has 0 aromatic carbocycles. The van der Waals surface area contributed by atoms with E-state index in [1.807, 2.05) is 4.57 Å². The molecule has 1 amide bonds. The van der Waals surface area contributed by atoms with Gasteiger partial charge in [-0.25, -0.2) is 15.0 Å². The van der Waals surface area contributed by atoms with Gasteiger partial charge in [0.05, 0.1) is 6.33 Å². The highest BCUT2D eigenvalue weighted by Gasteiger charge is 2.06. The van der Waals surface area contributed by atoms with E-state index in [4.69, 9.17) is 5.73 Å². The quantitative estimate of drug-likeness (QED) is 0.576. The molecule has 0 unspecified atom stereocenters. The van der Waals surface area contributed by atoms with E-state index >= 15 is 0 Å². The summed E-state index contributed by atoms with van der Waals surface area (Å²) in [6, 6.07) is 0. The van der Waals surface area contributed by atoms with Gasteiger partial charge in [-0.15, -0.1) is 0 Å². The van der Waals surface area contributed by atoms with Crippen LogP contribution in [-0.4, -0.2) is 32.0 Å². The number of amides is 1. The Hall–Kier alpha value is -2.44. The van der Waals surface area contributed by atoms with Gasteiger partial charge in [-0.1, -0.05) is 6.58 Å². The van der Waals surface area contributed by atoms with Crippen LogP contribution in [0.1, 0.15) is 6.42 Å². The van der Waals surface area contributed by atoms with Crippen LogP contribution in [0.3, 0.4) is 0 Å². The van der Waals surface area contributed by atoms with Gasteiger partial charge in [-0.05, 0) is 12.5 Å². The summed E-state index contributed by atoms with van der Waals surface area (Å²) in [5.41, 5.74) is 7.00. The number of fused-ring (bicyclic) bond motifs is 1. The standard InChI is InChI=1S/C11H14N6O/c1-2-8(18)13-4-3-5-17-7-16-9-10(12)14-6-15-11(9)17/h2,6-7H,1,3-5H2,(H,13,18)(H2,12,14,15). The van der Waals surface area contributed by atoms with E-state index in [1.165, 1.54) is 12.4 Å². The summed E-state index contributed by atoms with van der Waals surface area (Å²) < 4.78 is 1.88. The minimum absolute atomic E-state index is 0.169. The van der Waals surface area contributed by atoms with Gasteiger partial charge in [-0.2, -0.15) is 0 Å². The molecule has 7 heteroatoms. The lowest BCUT2D eigenvalue weighted by Gasteiger charge is -2.04. The molecule has 94 valence electrons. The normalized spacial score (nSPS) is 10.4. The van der Waals surface area contributed by atoms with Crippen molar-refractivity contribution in [1.29, 1.82) is 0 Å². The van der Waals surface area contributed by atoms with E-state index in [9.17, 15) is 4.79 Å². The van der Waals surface area contributed by atoms with Gasteiger partial charge in [0.2, 0.25) is 5.91 Å². The number of anilines is 1. The van der Waals surface area contributed by atoms with Gasteiger partial charge in [0.15, 0.2) is 11.5 Å². The Morgan fingerprint density at radius 1 is 1.50 bits per heavy atom. The molecule has 0 spiro atoms. The molecular weight excluding hydrogens is 232 g/mol. The highest BCUT2D eigenvalue weighted by molar-refractivity contribution is 5.86. The molecule has 2 aromatic heterocycles. The van der Waals surface area contributed by atoms with Crippen LogP contribution in [0.5, 0.6) is 0 Å². The number of hydrogen-bond acceptors (Lipinski definition) is 5. The van der Waals surface area contributed by atoms with E-state index in [2.05, 4.69) is 26.8 Å². The monoisotopic (exact) mass is 246 g/mol. The van der Waals surface area contributed by atoms with E-state index in [0.29, 0.717) is 30.1 Å². The fourth-order valence-corrected chi connectivity index (χ4v) is 1.60. The van der Waals surface area contributed by atoms with E-state index in [0.717, 1.165) is 6.42 Å². The number of nitrogen functional groups attached to an aromatic ring is 1. The van der Waals surface area contributed by atoms with Gasteiger partial charge in [0.25, 0.3) is 0 Å². The van der Waals surface area contributed by atoms with Crippen LogP contribution in [0, 0.1) is 0 Å². The Labute approximate surface area is 104 Å². The first kappa shape index (κ1) is 12.0. The van der Waals surface area contributed by atoms with Crippen LogP contribution in [0.2, 0.25) is 0 Å². The summed E-state index contributed by atoms with van der Waals surface area (Å²) in [4.78, 5) is 23.1. The number of carbonyl (C=O) groups is 1. The molecule has 0 aliphatic heterocycles. The first-order chi connectivity index (χ1) is 8.72. The fourth-order valence-electron chi connectivity index (χ4n) is 1.60. The fraction of sp³-hybridized carbons (Fsp3) is 0.273. The lowest BCUT2D eigenvalue weighted by molar-refractivity contribution is -0.116. The average Bonchev–Trinajstić information content (AvgIpc) is 2.79. The molecule has 0 aliphatic rings. The molecule has 7 nitrogen and oxygen atoms in total. The van der Waals surface area contributed by atoms with Crippen molar-refractivity contribution in [2.75, 3.05) is 12.3 Å². The second-order valence-corrected chi connectivity index (χ2v) is 3.72. The van der Waals surface area contributed by atoms with Crippen molar-refractivity contribution in [3.8, 4) is 0 Å². The van der Waals surface area contributed by atoms with Crippen LogP contribution in [0.15, 0.2) is 25.3 Å². The Morgan fingerprint density at radius 2 is 2.33 bits per heavy atom. The molecule has 2 heterocycles. The van der Waals surface area contributed by atoms with Crippen molar-refractivity contribution in [3.63, 3.8) is 0 Å². The van der Waals surface area contributed by atoms with Gasteiger partial charge < -0.3 is 15.6 Å². The molecule has 0 saturated heterocycles. The smallest absolute Gasteiger partial charge is 0.243 e. The number of aryl methyl sites for hydroxylation is 1. The second-order valence-electron chi connectivity index (χ2n) is 3.72. The maximum Gasteiger partial charge on any atom is 0.243 e. The molecule has 0 radical (unpaired) electrons. The topological polar surface area (TPSA) is 98.7 Å². The van der Waals surface area contributed by atoms with Crippen molar-refractivity contribution >= 4 is 22.9 Å². The average molecular weight is 246 g/mol. The van der Waals surface area contributed by atoms with Gasteiger partial charge in [-0.3, -0.25) is 4.79 Å². The number of imidazole rings is 1. The molecule has 2 aromatic rings. The molecule has 3 N–H and O–H groups in total. The molecular formula is C11H14N6O. The number of hydrogen-bond donors (Lipinski definition) is 2. The summed E-state index contributed by atoms with van der Waals surface area (Å²) in [5.74, 6) is 0.204. The van der Waals surface area contributed by atoms with Crippen LogP contribution in [0.4, 0.5) is 5.82 Å². The first-order valence-corrected chi connectivity index (χ1v) is 5.54. The lowest BCUT2D eigenvalue weighted by atomic mass is 10.4. The third-order valence-corrected chi connectivity index (χ3v) is 2.49.